The summed E-state index contributed by atoms with van der Waals surface area (Å²) in [5, 5.41) is 6.96. The van der Waals surface area contributed by atoms with Crippen molar-refractivity contribution in [3.8, 4) is 0 Å². The fourth-order valence-electron chi connectivity index (χ4n) is 2.72. The van der Waals surface area contributed by atoms with Gasteiger partial charge in [-0.1, -0.05) is 12.1 Å². The van der Waals surface area contributed by atoms with Crippen LogP contribution in [0.1, 0.15) is 23.9 Å². The van der Waals surface area contributed by atoms with E-state index in [4.69, 9.17) is 4.74 Å². The minimum absolute atomic E-state index is 0.111. The minimum atomic E-state index is -0.515. The number of benzene rings is 1. The topological polar surface area (TPSA) is 78.2 Å². The first-order chi connectivity index (χ1) is 11.5. The van der Waals surface area contributed by atoms with Gasteiger partial charge in [-0.3, -0.25) is 9.36 Å². The van der Waals surface area contributed by atoms with Crippen molar-refractivity contribution in [3.63, 3.8) is 0 Å². The van der Waals surface area contributed by atoms with Crippen LogP contribution in [-0.4, -0.2) is 33.4 Å². The van der Waals surface area contributed by atoms with Crippen LogP contribution in [-0.2, 0) is 29.5 Å². The third-order valence-corrected chi connectivity index (χ3v) is 3.98. The van der Waals surface area contributed by atoms with Gasteiger partial charge in [0.05, 0.1) is 19.6 Å². The second kappa shape index (κ2) is 6.96. The van der Waals surface area contributed by atoms with Gasteiger partial charge >= 0.3 is 5.69 Å². The predicted octanol–water partition coefficient (Wildman–Crippen LogP) is 0.541. The monoisotopic (exact) mass is 334 g/mol. The Morgan fingerprint density at radius 1 is 1.42 bits per heavy atom. The van der Waals surface area contributed by atoms with Crippen LogP contribution in [0.3, 0.4) is 0 Å². The van der Waals surface area contributed by atoms with Crippen LogP contribution in [0.15, 0.2) is 29.1 Å². The summed E-state index contributed by atoms with van der Waals surface area (Å²) in [6.07, 6.45) is 0.213. The molecule has 1 atom stereocenters. The number of nitrogens with zero attached hydrogens (tertiary/aromatic N) is 3. The first kappa shape index (κ1) is 16.4. The Hall–Kier alpha value is -2.48. The number of ether oxygens (including phenoxy) is 1. The Labute approximate surface area is 138 Å². The average molecular weight is 334 g/mol. The van der Waals surface area contributed by atoms with Crippen LogP contribution in [0.25, 0.3) is 0 Å². The fourth-order valence-corrected chi connectivity index (χ4v) is 2.72. The number of hydrogen-bond donors (Lipinski definition) is 1. The van der Waals surface area contributed by atoms with E-state index in [0.29, 0.717) is 31.9 Å². The zero-order valence-electron chi connectivity index (χ0n) is 13.4. The molecule has 24 heavy (non-hydrogen) atoms. The van der Waals surface area contributed by atoms with E-state index < -0.39 is 6.10 Å². The second-order valence-corrected chi connectivity index (χ2v) is 5.71. The molecule has 2 aromatic rings. The first-order valence-corrected chi connectivity index (χ1v) is 7.81. The molecule has 1 aliphatic rings. The summed E-state index contributed by atoms with van der Waals surface area (Å²) < 4.78 is 21.2. The Kier molecular flexibility index (Phi) is 4.75. The van der Waals surface area contributed by atoms with Gasteiger partial charge in [-0.05, 0) is 24.1 Å². The van der Waals surface area contributed by atoms with Crippen LogP contribution < -0.4 is 11.0 Å². The Bertz CT molecular complexity index is 782. The number of hydrogen-bond acceptors (Lipinski definition) is 4. The highest BCUT2D eigenvalue weighted by Crippen LogP contribution is 2.22. The largest absolute Gasteiger partial charge is 0.368 e. The van der Waals surface area contributed by atoms with Crippen molar-refractivity contribution in [2.75, 3.05) is 13.2 Å². The van der Waals surface area contributed by atoms with Gasteiger partial charge in [-0.15, -0.1) is 0 Å². The Morgan fingerprint density at radius 2 is 2.17 bits per heavy atom. The third kappa shape index (κ3) is 3.53. The summed E-state index contributed by atoms with van der Waals surface area (Å²) in [6.45, 7) is 1.28. The average Bonchev–Trinajstić information content (AvgIpc) is 2.86. The number of carbonyl (C=O) groups is 1. The summed E-state index contributed by atoms with van der Waals surface area (Å²) in [6, 6.07) is 6.18. The van der Waals surface area contributed by atoms with Gasteiger partial charge in [0.15, 0.2) is 5.82 Å². The highest BCUT2D eigenvalue weighted by atomic mass is 19.1. The molecule has 0 saturated heterocycles. The quantitative estimate of drug-likeness (QED) is 0.866. The molecule has 1 aromatic carbocycles. The SMILES string of the molecule is Cn1nc2n(c1=O)CCOC2CC(=O)NCCc1ccc(F)cc1. The molecule has 8 heteroatoms. The van der Waals surface area contributed by atoms with Crippen LogP contribution in [0, 0.1) is 5.82 Å². The number of nitrogens with one attached hydrogen (secondary N) is 1. The van der Waals surface area contributed by atoms with Gasteiger partial charge in [0.1, 0.15) is 11.9 Å². The number of fused-ring (bicyclic) bond motifs is 1. The molecule has 0 aliphatic carbocycles. The molecule has 0 bridgehead atoms. The van der Waals surface area contributed by atoms with Crippen molar-refractivity contribution in [2.24, 2.45) is 7.05 Å². The minimum Gasteiger partial charge on any atom is -0.368 e. The van der Waals surface area contributed by atoms with Crippen molar-refractivity contribution in [3.05, 3.63) is 52.0 Å². The Balaban J connectivity index is 1.53. The number of halogens is 1. The molecule has 0 spiro atoms. The van der Waals surface area contributed by atoms with E-state index in [9.17, 15) is 14.0 Å². The number of aromatic nitrogens is 3. The van der Waals surface area contributed by atoms with Gasteiger partial charge < -0.3 is 10.1 Å². The van der Waals surface area contributed by atoms with E-state index in [1.54, 1.807) is 23.7 Å². The van der Waals surface area contributed by atoms with E-state index in [1.807, 2.05) is 0 Å². The zero-order chi connectivity index (χ0) is 17.1. The maximum atomic E-state index is 12.8. The molecule has 0 saturated carbocycles. The lowest BCUT2D eigenvalue weighted by Gasteiger charge is -2.22. The summed E-state index contributed by atoms with van der Waals surface area (Å²) in [4.78, 5) is 24.0. The first-order valence-electron chi connectivity index (χ1n) is 7.81. The predicted molar refractivity (Wildman–Crippen MR) is 83.9 cm³/mol. The highest BCUT2D eigenvalue weighted by Gasteiger charge is 2.27. The highest BCUT2D eigenvalue weighted by molar-refractivity contribution is 5.76. The molecule has 1 amide bonds. The summed E-state index contributed by atoms with van der Waals surface area (Å²) in [5.74, 6) is 0.0368. The van der Waals surface area contributed by atoms with E-state index >= 15 is 0 Å². The van der Waals surface area contributed by atoms with Gasteiger partial charge in [-0.25, -0.2) is 13.9 Å². The normalized spacial score (nSPS) is 16.7. The van der Waals surface area contributed by atoms with Gasteiger partial charge in [0, 0.05) is 13.6 Å². The third-order valence-electron chi connectivity index (χ3n) is 3.98. The summed E-state index contributed by atoms with van der Waals surface area (Å²) in [5.41, 5.74) is 0.749. The standard InChI is InChI=1S/C16H19FN4O3/c1-20-16(23)21-8-9-24-13(15(21)19-20)10-14(22)18-7-6-11-2-4-12(17)5-3-11/h2-5,13H,6-10H2,1H3,(H,18,22). The lowest BCUT2D eigenvalue weighted by atomic mass is 10.1. The maximum absolute atomic E-state index is 12.8. The molecular formula is C16H19FN4O3. The van der Waals surface area contributed by atoms with Crippen molar-refractivity contribution >= 4 is 5.91 Å². The molecule has 0 fully saturated rings. The van der Waals surface area contributed by atoms with Crippen molar-refractivity contribution in [1.29, 1.82) is 0 Å². The lowest BCUT2D eigenvalue weighted by Crippen LogP contribution is -2.33. The molecule has 2 heterocycles. The van der Waals surface area contributed by atoms with Gasteiger partial charge in [0.2, 0.25) is 5.91 Å². The van der Waals surface area contributed by atoms with E-state index in [1.165, 1.54) is 16.8 Å². The molecule has 1 unspecified atom stereocenters. The van der Waals surface area contributed by atoms with Gasteiger partial charge in [-0.2, -0.15) is 5.10 Å². The molecule has 1 aliphatic heterocycles. The zero-order valence-corrected chi connectivity index (χ0v) is 13.4. The van der Waals surface area contributed by atoms with E-state index in [2.05, 4.69) is 10.4 Å². The van der Waals surface area contributed by atoms with Crippen LogP contribution in [0.2, 0.25) is 0 Å². The van der Waals surface area contributed by atoms with Crippen molar-refractivity contribution < 1.29 is 13.9 Å². The summed E-state index contributed by atoms with van der Waals surface area (Å²) in [7, 11) is 1.58. The second-order valence-electron chi connectivity index (χ2n) is 5.71. The number of rotatable bonds is 5. The van der Waals surface area contributed by atoms with Crippen LogP contribution >= 0.6 is 0 Å². The maximum Gasteiger partial charge on any atom is 0.345 e. The molecule has 128 valence electrons. The molecule has 7 nitrogen and oxygen atoms in total. The molecule has 1 N–H and O–H groups in total. The van der Waals surface area contributed by atoms with E-state index in [-0.39, 0.29) is 23.8 Å². The van der Waals surface area contributed by atoms with Gasteiger partial charge in [0.25, 0.3) is 0 Å². The van der Waals surface area contributed by atoms with Crippen molar-refractivity contribution in [2.45, 2.75) is 25.5 Å². The number of aryl methyl sites for hydroxylation is 1. The van der Waals surface area contributed by atoms with Crippen LogP contribution in [0.5, 0.6) is 0 Å². The van der Waals surface area contributed by atoms with E-state index in [0.717, 1.165) is 5.56 Å². The molecule has 1 aromatic heterocycles. The lowest BCUT2D eigenvalue weighted by molar-refractivity contribution is -0.125. The fraction of sp³-hybridized carbons (Fsp3) is 0.438. The summed E-state index contributed by atoms with van der Waals surface area (Å²) >= 11 is 0. The molecule has 3 rings (SSSR count). The smallest absolute Gasteiger partial charge is 0.345 e. The molecular weight excluding hydrogens is 315 g/mol. The number of amides is 1. The van der Waals surface area contributed by atoms with Crippen LogP contribution in [0.4, 0.5) is 4.39 Å². The van der Waals surface area contributed by atoms with Crippen molar-refractivity contribution in [1.82, 2.24) is 19.7 Å². The Morgan fingerprint density at radius 3 is 2.92 bits per heavy atom. The number of carbonyl (C=O) groups excluding carboxylic acids is 1. The molecule has 0 radical (unpaired) electrons.